The van der Waals surface area contributed by atoms with E-state index < -0.39 is 239 Å². The van der Waals surface area contributed by atoms with Crippen molar-refractivity contribution in [3.63, 3.8) is 0 Å². The summed E-state index contributed by atoms with van der Waals surface area (Å²) in [5.74, 6) is -38.1. The van der Waals surface area contributed by atoms with Gasteiger partial charge in [-0.2, -0.15) is 0 Å². The molecule has 0 aromatic heterocycles. The summed E-state index contributed by atoms with van der Waals surface area (Å²) in [6, 6.07) is 0. The van der Waals surface area contributed by atoms with E-state index in [1.807, 2.05) is 20.8 Å². The van der Waals surface area contributed by atoms with Gasteiger partial charge in [-0.05, 0) is 81.1 Å². The van der Waals surface area contributed by atoms with Crippen molar-refractivity contribution in [2.75, 3.05) is 66.3 Å². The van der Waals surface area contributed by atoms with Crippen molar-refractivity contribution in [1.29, 1.82) is 0 Å². The van der Waals surface area contributed by atoms with Crippen LogP contribution in [-0.2, 0) is 105 Å². The third-order valence-electron chi connectivity index (χ3n) is 14.8. The summed E-state index contributed by atoms with van der Waals surface area (Å²) in [5.41, 5.74) is -2.58. The molecule has 0 aliphatic carbocycles. The molecule has 0 spiro atoms. The first-order chi connectivity index (χ1) is 48.7. The number of nitrogens with one attached hydrogen (secondary N) is 2. The number of rotatable bonds is 48. The van der Waals surface area contributed by atoms with Gasteiger partial charge in [0.05, 0.1) is 95.2 Å². The Morgan fingerprint density at radius 2 is 0.509 bits per heavy atom. The highest BCUT2D eigenvalue weighted by Crippen LogP contribution is 2.36. The van der Waals surface area contributed by atoms with Gasteiger partial charge in [-0.1, -0.05) is 55.4 Å². The number of amides is 2. The molecule has 24 nitrogen and oxygen atoms in total. The van der Waals surface area contributed by atoms with E-state index in [0.717, 1.165) is 0 Å². The van der Waals surface area contributed by atoms with Crippen LogP contribution in [0.2, 0.25) is 0 Å². The number of ether oxygens (including phenoxy) is 10. The number of hydrogen-bond donors (Lipinski definition) is 2. The molecule has 632 valence electrons. The Balaban J connectivity index is -0.000000668. The topological polar surface area (TPSA) is 321 Å². The Bertz CT molecular complexity index is 2620. The molecule has 0 heterocycles. The van der Waals surface area contributed by atoms with Gasteiger partial charge in [0.25, 0.3) is 47.4 Å². The van der Waals surface area contributed by atoms with Crippen molar-refractivity contribution in [3.05, 3.63) is 0 Å². The number of halogens is 16. The van der Waals surface area contributed by atoms with E-state index in [4.69, 9.17) is 18.9 Å². The fraction of sp³-hybridized carbons (Fsp3) is 0.824. The minimum absolute atomic E-state index is 0.0726. The molecule has 0 fully saturated rings. The van der Waals surface area contributed by atoms with Gasteiger partial charge in [0.15, 0.2) is 6.73 Å². The highest BCUT2D eigenvalue weighted by Gasteiger charge is 2.43. The molecule has 0 unspecified atom stereocenters. The molecule has 40 heteroatoms. The lowest BCUT2D eigenvalue weighted by molar-refractivity contribution is -0.175. The van der Waals surface area contributed by atoms with Crippen molar-refractivity contribution >= 4 is 71.5 Å². The zero-order valence-corrected chi connectivity index (χ0v) is 63.8. The van der Waals surface area contributed by atoms with Crippen molar-refractivity contribution in [1.82, 2.24) is 10.6 Å². The van der Waals surface area contributed by atoms with E-state index in [2.05, 4.69) is 39.1 Å². The van der Waals surface area contributed by atoms with Crippen molar-refractivity contribution in [2.45, 2.75) is 274 Å². The summed E-state index contributed by atoms with van der Waals surface area (Å²) >= 11 is 0. The van der Waals surface area contributed by atoms with Crippen LogP contribution in [0.3, 0.4) is 0 Å². The first kappa shape index (κ1) is 107. The Morgan fingerprint density at radius 1 is 0.269 bits per heavy atom. The molecule has 2 N–H and O–H groups in total. The van der Waals surface area contributed by atoms with Crippen molar-refractivity contribution in [2.24, 2.45) is 21.7 Å². The molecular weight excluding hydrogens is 1500 g/mol. The third-order valence-corrected chi connectivity index (χ3v) is 14.8. The van der Waals surface area contributed by atoms with Gasteiger partial charge in [0.1, 0.15) is 32.7 Å². The van der Waals surface area contributed by atoms with E-state index in [0.29, 0.717) is 53.4 Å². The lowest BCUT2D eigenvalue weighted by Crippen LogP contribution is -2.38. The fourth-order valence-corrected chi connectivity index (χ4v) is 6.99. The van der Waals surface area contributed by atoms with Crippen molar-refractivity contribution in [3.8, 4) is 0 Å². The van der Waals surface area contributed by atoms with Crippen LogP contribution in [0.25, 0.3) is 0 Å². The second kappa shape index (κ2) is 48.9. The molecule has 0 saturated heterocycles. The summed E-state index contributed by atoms with van der Waals surface area (Å²) in [4.78, 5) is 138. The molecule has 0 aliphatic rings. The van der Waals surface area contributed by atoms with Crippen LogP contribution in [0.1, 0.15) is 226 Å². The highest BCUT2D eigenvalue weighted by molar-refractivity contribution is 5.92. The quantitative estimate of drug-likeness (QED) is 0.0143. The molecule has 0 atom stereocenters. The highest BCUT2D eigenvalue weighted by atomic mass is 19.3. The Hall–Kier alpha value is -7.48. The molecule has 0 saturated carbocycles. The van der Waals surface area contributed by atoms with Gasteiger partial charge >= 0.3 is 59.7 Å². The summed E-state index contributed by atoms with van der Waals surface area (Å²) in [7, 11) is 0. The maximum absolute atomic E-state index is 13.2. The SMILES string of the molecule is CCC(C)(C)C(=O)NCCOC(=O)CCC(=O)OCCC(F)(F)CC(C)(F)F.CCC(C)(C)C(=O)NCOC(=O)CC(=O)OCCC(F)(F)CC(C)(F)F.CCC(C)(C)C(=O)OCCOC(=O)CCC(=O)OCCC(F)(F)CC(C)(F)F.CCC(C)(C)C(=O)OCOC(=O)CC(=O)OCCC(F)(F)CC(C)(F)F. The number of carbonyl (C=O) groups excluding carboxylic acids is 12. The molecule has 2 amide bonds. The normalized spacial score (nSPS) is 12.4. The molecule has 0 aromatic carbocycles. The predicted molar refractivity (Wildman–Crippen MR) is 349 cm³/mol. The van der Waals surface area contributed by atoms with Crippen LogP contribution in [0.15, 0.2) is 0 Å². The zero-order chi connectivity index (χ0) is 85.2. The summed E-state index contributed by atoms with van der Waals surface area (Å²) in [6.07, 6.45) is -11.7. The minimum Gasteiger partial charge on any atom is -0.465 e. The first-order valence-corrected chi connectivity index (χ1v) is 33.9. The number of carbonyl (C=O) groups is 12. The van der Waals surface area contributed by atoms with Gasteiger partial charge in [-0.15, -0.1) is 0 Å². The van der Waals surface area contributed by atoms with Crippen LogP contribution in [0.4, 0.5) is 70.2 Å². The number of hydrogen-bond acceptors (Lipinski definition) is 22. The fourth-order valence-electron chi connectivity index (χ4n) is 6.99. The van der Waals surface area contributed by atoms with Crippen molar-refractivity contribution < 1.29 is 175 Å². The van der Waals surface area contributed by atoms with Crippen LogP contribution in [0.5, 0.6) is 0 Å². The maximum Gasteiger partial charge on any atom is 0.320 e. The largest absolute Gasteiger partial charge is 0.465 e. The van der Waals surface area contributed by atoms with Gasteiger partial charge in [0, 0.05) is 36.5 Å². The number of alkyl halides is 16. The number of esters is 10. The van der Waals surface area contributed by atoms with Crippen LogP contribution in [-0.4, -0.2) is 185 Å². The second-order valence-corrected chi connectivity index (χ2v) is 27.7. The monoisotopic (exact) mass is 1610 g/mol. The van der Waals surface area contributed by atoms with Gasteiger partial charge in [-0.3, -0.25) is 57.5 Å². The third kappa shape index (κ3) is 60.4. The molecule has 0 bridgehead atoms. The Kier molecular flexibility index (Phi) is 48.4. The lowest BCUT2D eigenvalue weighted by atomic mass is 9.89. The molecule has 0 rings (SSSR count). The molecule has 0 aromatic rings. The smallest absolute Gasteiger partial charge is 0.320 e. The summed E-state index contributed by atoms with van der Waals surface area (Å²) in [5, 5.41) is 4.98. The minimum atomic E-state index is -3.71. The first-order valence-electron chi connectivity index (χ1n) is 33.9. The second-order valence-electron chi connectivity index (χ2n) is 27.7. The average Bonchev–Trinajstić information content (AvgIpc) is 0.920. The van der Waals surface area contributed by atoms with E-state index in [1.165, 1.54) is 0 Å². The summed E-state index contributed by atoms with van der Waals surface area (Å²) in [6.45, 7) is 18.0. The van der Waals surface area contributed by atoms with E-state index in [1.54, 1.807) is 62.3 Å². The molecular formula is C68H106F16N2O22. The predicted octanol–water partition coefficient (Wildman–Crippen LogP) is 13.9. The average molecular weight is 1610 g/mol. The zero-order valence-electron chi connectivity index (χ0n) is 63.8. The molecule has 108 heavy (non-hydrogen) atoms. The van der Waals surface area contributed by atoms with Gasteiger partial charge in [0.2, 0.25) is 18.6 Å². The van der Waals surface area contributed by atoms with Crippen LogP contribution < -0.4 is 10.6 Å². The Morgan fingerprint density at radius 3 is 0.806 bits per heavy atom. The van der Waals surface area contributed by atoms with E-state index >= 15 is 0 Å². The van der Waals surface area contributed by atoms with Gasteiger partial charge in [-0.25, -0.2) is 70.2 Å². The van der Waals surface area contributed by atoms with Gasteiger partial charge < -0.3 is 58.0 Å². The standard InChI is InChI=1S/C18H29F4NO5.C18H28F4O6.C16H25F4NO5.C16H24F4O6/c1-5-16(2,3)15(26)23-9-11-28-14(25)7-6-13(24)27-10-8-18(21,22)12-17(4,19)20;1-5-16(2,3)15(25)28-11-10-27-14(24)7-6-13(23)26-9-8-18(21,22)12-17(4,19)20;1-5-14(2,3)13(24)21-10-26-12(23)8-11(22)25-7-6-16(19,20)9-15(4,17)18;1-5-14(2,3)13(23)26-10-25-12(22)8-11(21)24-7-6-16(19,20)9-15(4,17)18/h5-12H2,1-4H3,(H,23,26);5-12H2,1-4H3;5-10H2,1-4H3,(H,21,24);5-10H2,1-4H3. The van der Waals surface area contributed by atoms with E-state index in [9.17, 15) is 128 Å². The van der Waals surface area contributed by atoms with E-state index in [-0.39, 0.29) is 57.4 Å². The summed E-state index contributed by atoms with van der Waals surface area (Å²) < 4.78 is 253. The molecule has 0 aliphatic heterocycles. The molecule has 0 radical (unpaired) electrons. The van der Waals surface area contributed by atoms with Crippen LogP contribution in [0, 0.1) is 21.7 Å². The van der Waals surface area contributed by atoms with Crippen LogP contribution >= 0.6 is 0 Å². The Labute approximate surface area is 617 Å². The lowest BCUT2D eigenvalue weighted by Gasteiger charge is -2.21. The maximum atomic E-state index is 13.2.